The zero-order chi connectivity index (χ0) is 20.1. The summed E-state index contributed by atoms with van der Waals surface area (Å²) in [6.07, 6.45) is 0.808. The third kappa shape index (κ3) is 4.51. The van der Waals surface area contributed by atoms with Crippen LogP contribution < -0.4 is 10.2 Å². The van der Waals surface area contributed by atoms with E-state index in [1.807, 2.05) is 11.8 Å². The fourth-order valence-corrected chi connectivity index (χ4v) is 4.59. The molecule has 0 radical (unpaired) electrons. The Morgan fingerprint density at radius 1 is 1.07 bits per heavy atom. The Morgan fingerprint density at radius 2 is 1.75 bits per heavy atom. The Kier molecular flexibility index (Phi) is 6.31. The van der Waals surface area contributed by atoms with Gasteiger partial charge in [-0.1, -0.05) is 13.0 Å². The molecule has 0 aromatic heterocycles. The van der Waals surface area contributed by atoms with Crippen LogP contribution in [0.1, 0.15) is 23.7 Å². The number of nitrogens with one attached hydrogen (secondary N) is 1. The molecule has 150 valence electrons. The van der Waals surface area contributed by atoms with Gasteiger partial charge in [0, 0.05) is 44.0 Å². The van der Waals surface area contributed by atoms with Crippen LogP contribution in [0.3, 0.4) is 0 Å². The van der Waals surface area contributed by atoms with Crippen molar-refractivity contribution in [1.82, 2.24) is 9.62 Å². The third-order valence-electron chi connectivity index (χ3n) is 4.70. The number of amides is 1. The van der Waals surface area contributed by atoms with Gasteiger partial charge in [-0.25, -0.2) is 12.8 Å². The second-order valence-corrected chi connectivity index (χ2v) is 8.59. The maximum atomic E-state index is 13.1. The first-order valence-corrected chi connectivity index (χ1v) is 10.7. The number of piperazine rings is 1. The normalized spacial score (nSPS) is 15.4. The molecule has 1 aliphatic heterocycles. The number of carbonyl (C=O) groups is 1. The quantitative estimate of drug-likeness (QED) is 0.802. The average molecular weight is 405 g/mol. The Bertz CT molecular complexity index is 924. The molecular weight excluding hydrogens is 381 g/mol. The second kappa shape index (κ2) is 8.70. The predicted octanol–water partition coefficient (Wildman–Crippen LogP) is 2.48. The third-order valence-corrected chi connectivity index (χ3v) is 6.59. The first-order valence-electron chi connectivity index (χ1n) is 9.31. The molecule has 2 aromatic rings. The Balaban J connectivity index is 1.70. The topological polar surface area (TPSA) is 69.7 Å². The van der Waals surface area contributed by atoms with Crippen LogP contribution in [0.5, 0.6) is 0 Å². The molecule has 1 N–H and O–H groups in total. The zero-order valence-corrected chi connectivity index (χ0v) is 16.6. The standard InChI is InChI=1S/C20H24FN3O3S/c1-2-10-22-20(25)16-4-3-5-19(15-16)28(26,27)24-13-11-23(12-14-24)18-8-6-17(21)7-9-18/h3-9,15H,2,10-14H2,1H3,(H,22,25). The molecule has 28 heavy (non-hydrogen) atoms. The summed E-state index contributed by atoms with van der Waals surface area (Å²) in [5, 5.41) is 2.75. The number of rotatable bonds is 6. The van der Waals surface area contributed by atoms with E-state index in [2.05, 4.69) is 5.32 Å². The lowest BCUT2D eigenvalue weighted by Gasteiger charge is -2.35. The summed E-state index contributed by atoms with van der Waals surface area (Å²) in [6, 6.07) is 12.3. The van der Waals surface area contributed by atoms with Crippen LogP contribution in [0.4, 0.5) is 10.1 Å². The van der Waals surface area contributed by atoms with Gasteiger partial charge in [-0.3, -0.25) is 4.79 Å². The van der Waals surface area contributed by atoms with Gasteiger partial charge in [0.2, 0.25) is 10.0 Å². The average Bonchev–Trinajstić information content (AvgIpc) is 2.72. The van der Waals surface area contributed by atoms with Crippen LogP contribution in [0.2, 0.25) is 0 Å². The maximum Gasteiger partial charge on any atom is 0.251 e. The van der Waals surface area contributed by atoms with Crippen molar-refractivity contribution in [2.45, 2.75) is 18.2 Å². The van der Waals surface area contributed by atoms with Gasteiger partial charge in [0.1, 0.15) is 5.82 Å². The van der Waals surface area contributed by atoms with Crippen LogP contribution in [0.25, 0.3) is 0 Å². The monoisotopic (exact) mass is 405 g/mol. The van der Waals surface area contributed by atoms with Gasteiger partial charge in [-0.05, 0) is 48.9 Å². The smallest absolute Gasteiger partial charge is 0.251 e. The number of carbonyl (C=O) groups excluding carboxylic acids is 1. The molecule has 1 amide bonds. The van der Waals surface area contributed by atoms with Gasteiger partial charge in [0.05, 0.1) is 4.90 Å². The molecule has 6 nitrogen and oxygen atoms in total. The van der Waals surface area contributed by atoms with Crippen molar-refractivity contribution < 1.29 is 17.6 Å². The van der Waals surface area contributed by atoms with Crippen molar-refractivity contribution in [2.75, 3.05) is 37.6 Å². The lowest BCUT2D eigenvalue weighted by molar-refractivity contribution is 0.0953. The number of hydrogen-bond acceptors (Lipinski definition) is 4. The van der Waals surface area contributed by atoms with E-state index in [4.69, 9.17) is 0 Å². The predicted molar refractivity (Wildman–Crippen MR) is 106 cm³/mol. The van der Waals surface area contributed by atoms with Crippen LogP contribution in [-0.2, 0) is 10.0 Å². The van der Waals surface area contributed by atoms with E-state index in [1.165, 1.54) is 28.6 Å². The summed E-state index contributed by atoms with van der Waals surface area (Å²) in [5.41, 5.74) is 1.20. The fraction of sp³-hybridized carbons (Fsp3) is 0.350. The van der Waals surface area contributed by atoms with Crippen LogP contribution in [0.15, 0.2) is 53.4 Å². The molecule has 8 heteroatoms. The first-order chi connectivity index (χ1) is 13.4. The van der Waals surface area contributed by atoms with E-state index in [0.29, 0.717) is 38.3 Å². The summed E-state index contributed by atoms with van der Waals surface area (Å²) in [6.45, 7) is 4.18. The summed E-state index contributed by atoms with van der Waals surface area (Å²) in [5.74, 6) is -0.576. The van der Waals surface area contributed by atoms with E-state index in [1.54, 1.807) is 24.3 Å². The molecule has 1 heterocycles. The summed E-state index contributed by atoms with van der Waals surface area (Å²) in [7, 11) is -3.68. The summed E-state index contributed by atoms with van der Waals surface area (Å²) in [4.78, 5) is 14.3. The minimum Gasteiger partial charge on any atom is -0.369 e. The molecule has 3 rings (SSSR count). The SMILES string of the molecule is CCCNC(=O)c1cccc(S(=O)(=O)N2CCN(c3ccc(F)cc3)CC2)c1. The van der Waals surface area contributed by atoms with Crippen molar-refractivity contribution in [1.29, 1.82) is 0 Å². The zero-order valence-electron chi connectivity index (χ0n) is 15.8. The van der Waals surface area contributed by atoms with Gasteiger partial charge in [-0.15, -0.1) is 0 Å². The Hall–Kier alpha value is -2.45. The highest BCUT2D eigenvalue weighted by molar-refractivity contribution is 7.89. The number of anilines is 1. The minimum absolute atomic E-state index is 0.117. The summed E-state index contributed by atoms with van der Waals surface area (Å²) < 4.78 is 40.5. The van der Waals surface area contributed by atoms with E-state index >= 15 is 0 Å². The molecule has 2 aromatic carbocycles. The van der Waals surface area contributed by atoms with Gasteiger partial charge < -0.3 is 10.2 Å². The minimum atomic E-state index is -3.68. The van der Waals surface area contributed by atoms with Crippen LogP contribution >= 0.6 is 0 Å². The largest absolute Gasteiger partial charge is 0.369 e. The van der Waals surface area contributed by atoms with Crippen molar-refractivity contribution >= 4 is 21.6 Å². The van der Waals surface area contributed by atoms with Crippen molar-refractivity contribution in [3.8, 4) is 0 Å². The molecule has 0 bridgehead atoms. The lowest BCUT2D eigenvalue weighted by atomic mass is 10.2. The molecule has 1 saturated heterocycles. The Labute approximate surface area is 165 Å². The highest BCUT2D eigenvalue weighted by Crippen LogP contribution is 2.22. The lowest BCUT2D eigenvalue weighted by Crippen LogP contribution is -2.48. The number of hydrogen-bond donors (Lipinski definition) is 1. The van der Waals surface area contributed by atoms with Gasteiger partial charge in [-0.2, -0.15) is 4.31 Å². The molecule has 1 fully saturated rings. The molecule has 0 unspecified atom stereocenters. The Morgan fingerprint density at radius 3 is 2.39 bits per heavy atom. The van der Waals surface area contributed by atoms with E-state index < -0.39 is 10.0 Å². The van der Waals surface area contributed by atoms with Crippen molar-refractivity contribution in [3.63, 3.8) is 0 Å². The molecule has 0 saturated carbocycles. The number of sulfonamides is 1. The number of halogens is 1. The van der Waals surface area contributed by atoms with E-state index in [0.717, 1.165) is 12.1 Å². The molecular formula is C20H24FN3O3S. The molecule has 0 spiro atoms. The molecule has 0 aliphatic carbocycles. The van der Waals surface area contributed by atoms with Gasteiger partial charge >= 0.3 is 0 Å². The highest BCUT2D eigenvalue weighted by atomic mass is 32.2. The maximum absolute atomic E-state index is 13.1. The van der Waals surface area contributed by atoms with Gasteiger partial charge in [0.25, 0.3) is 5.91 Å². The summed E-state index contributed by atoms with van der Waals surface area (Å²) >= 11 is 0. The van der Waals surface area contributed by atoms with E-state index in [-0.39, 0.29) is 16.6 Å². The fourth-order valence-electron chi connectivity index (χ4n) is 3.13. The van der Waals surface area contributed by atoms with Crippen molar-refractivity contribution in [2.24, 2.45) is 0 Å². The number of nitrogens with zero attached hydrogens (tertiary/aromatic N) is 2. The van der Waals surface area contributed by atoms with Crippen LogP contribution in [-0.4, -0.2) is 51.4 Å². The first kappa shape index (κ1) is 20.3. The van der Waals surface area contributed by atoms with Gasteiger partial charge in [0.15, 0.2) is 0 Å². The number of benzene rings is 2. The molecule has 1 aliphatic rings. The van der Waals surface area contributed by atoms with Crippen molar-refractivity contribution in [3.05, 3.63) is 59.9 Å². The van der Waals surface area contributed by atoms with Crippen LogP contribution in [0, 0.1) is 5.82 Å². The molecule has 0 atom stereocenters. The second-order valence-electron chi connectivity index (χ2n) is 6.65. The highest BCUT2D eigenvalue weighted by Gasteiger charge is 2.29. The van der Waals surface area contributed by atoms with E-state index in [9.17, 15) is 17.6 Å².